The Kier molecular flexibility index (Phi) is 4.97. The lowest BCUT2D eigenvalue weighted by Crippen LogP contribution is -2.28. The summed E-state index contributed by atoms with van der Waals surface area (Å²) in [5.74, 6) is -0.127. The summed E-state index contributed by atoms with van der Waals surface area (Å²) in [6.07, 6.45) is 5.63. The highest BCUT2D eigenvalue weighted by Crippen LogP contribution is 2.30. The van der Waals surface area contributed by atoms with Crippen LogP contribution in [-0.4, -0.2) is 29.1 Å². The van der Waals surface area contributed by atoms with Crippen LogP contribution in [0.5, 0.6) is 0 Å². The van der Waals surface area contributed by atoms with Crippen LogP contribution in [0.15, 0.2) is 23.4 Å². The monoisotopic (exact) mass is 292 g/mol. The maximum Gasteiger partial charge on any atom is 0.293 e. The number of anilines is 1. The fourth-order valence-corrected chi connectivity index (χ4v) is 2.64. The van der Waals surface area contributed by atoms with Gasteiger partial charge in [0.25, 0.3) is 5.69 Å². The number of benzene rings is 1. The van der Waals surface area contributed by atoms with Crippen LogP contribution in [0.1, 0.15) is 37.7 Å². The Morgan fingerprint density at radius 2 is 1.86 bits per heavy atom. The van der Waals surface area contributed by atoms with Gasteiger partial charge in [-0.2, -0.15) is 0 Å². The molecular weight excluding hydrogens is 272 g/mol. The zero-order valence-corrected chi connectivity index (χ0v) is 11.9. The molecule has 21 heavy (non-hydrogen) atoms. The highest BCUT2D eigenvalue weighted by atomic mass is 16.6. The third-order valence-electron chi connectivity index (χ3n) is 3.77. The van der Waals surface area contributed by atoms with Crippen molar-refractivity contribution in [2.75, 3.05) is 18.0 Å². The van der Waals surface area contributed by atoms with Crippen molar-refractivity contribution in [1.82, 2.24) is 0 Å². The van der Waals surface area contributed by atoms with Crippen molar-refractivity contribution in [3.63, 3.8) is 0 Å². The van der Waals surface area contributed by atoms with Crippen LogP contribution in [0.4, 0.5) is 11.4 Å². The number of nitro groups is 1. The first-order chi connectivity index (χ1) is 10.1. The van der Waals surface area contributed by atoms with E-state index in [0.29, 0.717) is 11.3 Å². The van der Waals surface area contributed by atoms with E-state index < -0.39 is 4.92 Å². The summed E-state index contributed by atoms with van der Waals surface area (Å²) in [5.41, 5.74) is 6.46. The Hall–Kier alpha value is -2.31. The van der Waals surface area contributed by atoms with E-state index in [1.54, 1.807) is 12.1 Å². The fourth-order valence-electron chi connectivity index (χ4n) is 2.64. The van der Waals surface area contributed by atoms with Crippen LogP contribution >= 0.6 is 0 Å². The van der Waals surface area contributed by atoms with Crippen LogP contribution in [0, 0.1) is 10.1 Å². The molecule has 0 radical (unpaired) electrons. The second-order valence-electron chi connectivity index (χ2n) is 5.20. The average Bonchev–Trinajstić information content (AvgIpc) is 2.45. The highest BCUT2D eigenvalue weighted by molar-refractivity contribution is 5.98. The van der Waals surface area contributed by atoms with Gasteiger partial charge in [0.15, 0.2) is 5.84 Å². The summed E-state index contributed by atoms with van der Waals surface area (Å²) in [6.45, 7) is 1.65. The smallest absolute Gasteiger partial charge is 0.293 e. The quantitative estimate of drug-likeness (QED) is 0.293. The minimum Gasteiger partial charge on any atom is -0.409 e. The van der Waals surface area contributed by atoms with Crippen LogP contribution in [0.3, 0.4) is 0 Å². The van der Waals surface area contributed by atoms with Crippen molar-refractivity contribution in [2.24, 2.45) is 10.9 Å². The number of hydrogen-bond donors (Lipinski definition) is 2. The zero-order valence-electron chi connectivity index (χ0n) is 11.9. The molecule has 0 saturated carbocycles. The lowest BCUT2D eigenvalue weighted by atomic mass is 10.1. The molecule has 0 bridgehead atoms. The molecule has 0 aliphatic carbocycles. The van der Waals surface area contributed by atoms with Crippen molar-refractivity contribution in [3.05, 3.63) is 33.9 Å². The first-order valence-electron chi connectivity index (χ1n) is 7.15. The summed E-state index contributed by atoms with van der Waals surface area (Å²) in [6, 6.07) is 4.70. The molecule has 3 N–H and O–H groups in total. The van der Waals surface area contributed by atoms with Crippen LogP contribution in [-0.2, 0) is 0 Å². The van der Waals surface area contributed by atoms with Gasteiger partial charge in [-0.05, 0) is 25.0 Å². The minimum atomic E-state index is -0.414. The third-order valence-corrected chi connectivity index (χ3v) is 3.77. The van der Waals surface area contributed by atoms with Gasteiger partial charge in [-0.3, -0.25) is 10.1 Å². The number of rotatable bonds is 3. The molecule has 1 aliphatic rings. The zero-order chi connectivity index (χ0) is 15.2. The molecule has 1 aromatic rings. The number of amidine groups is 1. The summed E-state index contributed by atoms with van der Waals surface area (Å²) >= 11 is 0. The van der Waals surface area contributed by atoms with Gasteiger partial charge in [-0.15, -0.1) is 0 Å². The van der Waals surface area contributed by atoms with Crippen LogP contribution in [0.2, 0.25) is 0 Å². The second-order valence-corrected chi connectivity index (χ2v) is 5.20. The van der Waals surface area contributed by atoms with Crippen molar-refractivity contribution < 1.29 is 10.1 Å². The standard InChI is InChI=1S/C14H20N4O3/c15-14(16-19)11-6-7-12(13(10-11)18(20)21)17-8-4-2-1-3-5-9-17/h6-7,10,19H,1-5,8-9H2,(H2,15,16). The molecule has 0 spiro atoms. The summed E-state index contributed by atoms with van der Waals surface area (Å²) in [4.78, 5) is 13.0. The van der Waals surface area contributed by atoms with Crippen LogP contribution in [0.25, 0.3) is 0 Å². The average molecular weight is 292 g/mol. The molecule has 0 atom stereocenters. The van der Waals surface area contributed by atoms with Gasteiger partial charge in [0.05, 0.1) is 4.92 Å². The summed E-state index contributed by atoms with van der Waals surface area (Å²) in [7, 11) is 0. The van der Waals surface area contributed by atoms with Crippen molar-refractivity contribution in [2.45, 2.75) is 32.1 Å². The van der Waals surface area contributed by atoms with E-state index in [1.807, 2.05) is 0 Å². The first-order valence-corrected chi connectivity index (χ1v) is 7.15. The Morgan fingerprint density at radius 3 is 2.43 bits per heavy atom. The Labute approximate surface area is 123 Å². The number of oxime groups is 1. The van der Waals surface area contributed by atoms with Gasteiger partial charge in [0.2, 0.25) is 0 Å². The molecule has 1 aromatic carbocycles. The maximum absolute atomic E-state index is 11.3. The largest absolute Gasteiger partial charge is 0.409 e. The number of nitrogens with two attached hydrogens (primary N) is 1. The number of hydrogen-bond acceptors (Lipinski definition) is 5. The maximum atomic E-state index is 11.3. The molecule has 7 nitrogen and oxygen atoms in total. The van der Waals surface area contributed by atoms with Gasteiger partial charge in [0, 0.05) is 24.7 Å². The Balaban J connectivity index is 2.35. The van der Waals surface area contributed by atoms with Crippen molar-refractivity contribution in [1.29, 1.82) is 0 Å². The molecule has 1 aliphatic heterocycles. The van der Waals surface area contributed by atoms with Crippen LogP contribution < -0.4 is 10.6 Å². The van der Waals surface area contributed by atoms with E-state index in [2.05, 4.69) is 10.1 Å². The van der Waals surface area contributed by atoms with Crippen molar-refractivity contribution >= 4 is 17.2 Å². The van der Waals surface area contributed by atoms with E-state index in [9.17, 15) is 10.1 Å². The van der Waals surface area contributed by atoms with Gasteiger partial charge >= 0.3 is 0 Å². The molecule has 1 fully saturated rings. The Morgan fingerprint density at radius 1 is 1.24 bits per heavy atom. The lowest BCUT2D eigenvalue weighted by molar-refractivity contribution is -0.384. The second kappa shape index (κ2) is 6.92. The SMILES string of the molecule is NC(=NO)c1ccc(N2CCCCCCC2)c([N+](=O)[O-])c1. The van der Waals surface area contributed by atoms with E-state index in [0.717, 1.165) is 38.8 Å². The molecule has 0 unspecified atom stereocenters. The molecular formula is C14H20N4O3. The first kappa shape index (κ1) is 15.1. The molecule has 114 valence electrons. The molecule has 2 rings (SSSR count). The lowest BCUT2D eigenvalue weighted by Gasteiger charge is -2.26. The van der Waals surface area contributed by atoms with Gasteiger partial charge in [-0.1, -0.05) is 24.4 Å². The van der Waals surface area contributed by atoms with Gasteiger partial charge in [0.1, 0.15) is 5.69 Å². The van der Waals surface area contributed by atoms with Crippen molar-refractivity contribution in [3.8, 4) is 0 Å². The summed E-state index contributed by atoms with van der Waals surface area (Å²) in [5, 5.41) is 22.9. The number of nitrogens with zero attached hydrogens (tertiary/aromatic N) is 3. The topological polar surface area (TPSA) is 105 Å². The molecule has 0 aromatic heterocycles. The molecule has 1 heterocycles. The van der Waals surface area contributed by atoms with Gasteiger partial charge < -0.3 is 15.8 Å². The van der Waals surface area contributed by atoms with E-state index >= 15 is 0 Å². The highest BCUT2D eigenvalue weighted by Gasteiger charge is 2.21. The summed E-state index contributed by atoms with van der Waals surface area (Å²) < 4.78 is 0. The molecule has 1 saturated heterocycles. The van der Waals surface area contributed by atoms with E-state index in [4.69, 9.17) is 10.9 Å². The third kappa shape index (κ3) is 3.62. The molecule has 0 amide bonds. The predicted octanol–water partition coefficient (Wildman–Crippen LogP) is 2.46. The van der Waals surface area contributed by atoms with Gasteiger partial charge in [-0.25, -0.2) is 0 Å². The Bertz CT molecular complexity index is 537. The van der Waals surface area contributed by atoms with E-state index in [-0.39, 0.29) is 11.5 Å². The molecule has 7 heteroatoms. The minimum absolute atomic E-state index is 0.000302. The number of nitro benzene ring substituents is 1. The van der Waals surface area contributed by atoms with E-state index in [1.165, 1.54) is 12.5 Å². The predicted molar refractivity (Wildman–Crippen MR) is 80.9 cm³/mol. The normalized spacial score (nSPS) is 17.1. The fraction of sp³-hybridized carbons (Fsp3) is 0.500.